The van der Waals surface area contributed by atoms with E-state index in [1.165, 1.54) is 6.42 Å². The molecule has 8 aliphatic rings. The molecule has 0 radical (unpaired) electrons. The molecule has 0 heterocycles. The Hall–Kier alpha value is -1.50. The van der Waals surface area contributed by atoms with Gasteiger partial charge in [0.15, 0.2) is 6.61 Å². The van der Waals surface area contributed by atoms with Crippen LogP contribution in [-0.4, -0.2) is 46.7 Å². The van der Waals surface area contributed by atoms with Crippen molar-refractivity contribution in [3.05, 3.63) is 0 Å². The van der Waals surface area contributed by atoms with Gasteiger partial charge in [0.2, 0.25) is 0 Å². The van der Waals surface area contributed by atoms with Crippen LogP contribution in [0.15, 0.2) is 0 Å². The zero-order valence-electron chi connectivity index (χ0n) is 22.0. The molecule has 0 aliphatic heterocycles. The van der Waals surface area contributed by atoms with E-state index in [1.54, 1.807) is 0 Å². The van der Waals surface area contributed by atoms with E-state index in [2.05, 4.69) is 16.3 Å². The van der Waals surface area contributed by atoms with Crippen LogP contribution in [-0.2, 0) is 38.0 Å². The maximum absolute atomic E-state index is 14.0. The van der Waals surface area contributed by atoms with Gasteiger partial charge in [0.1, 0.15) is 23.7 Å². The van der Waals surface area contributed by atoms with Crippen molar-refractivity contribution in [2.24, 2.45) is 46.8 Å². The number of carbonyl (C=O) groups is 3. The second-order valence-electron chi connectivity index (χ2n) is 13.0. The van der Waals surface area contributed by atoms with E-state index >= 15 is 0 Å². The number of alkyl halides is 2. The number of ether oxygens (including phenoxy) is 3. The van der Waals surface area contributed by atoms with Gasteiger partial charge < -0.3 is 14.2 Å². The highest BCUT2D eigenvalue weighted by Gasteiger charge is 2.62. The fraction of sp³-hybridized carbons (Fsp3) is 0.889. The lowest BCUT2D eigenvalue weighted by molar-refractivity contribution is -0.433. The van der Waals surface area contributed by atoms with Crippen molar-refractivity contribution >= 4 is 30.0 Å². The highest BCUT2D eigenvalue weighted by Crippen LogP contribution is 2.62. The molecule has 0 aromatic heterocycles. The largest absolute Gasteiger partial charge is 0.457 e. The molecule has 0 amide bonds. The summed E-state index contributed by atoms with van der Waals surface area (Å²) < 4.78 is 48.6. The topological polar surface area (TPSA) is 118 Å². The van der Waals surface area contributed by atoms with Gasteiger partial charge in [0.25, 0.3) is 0 Å². The predicted molar refractivity (Wildman–Crippen MR) is 130 cm³/mol. The standard InChI is InChI=1S/C27H36F2O9S/c1-2-26(19-6-14-3-15(8-19)9-20(26)7-14)36-21(30)13-34-23(31)25-10-16-4-17(11-25)22(18(5-16)12-25)35-24(32)27(28,29)39-38-37-33/h14-20,22,33H,2-13H2,1H3. The Morgan fingerprint density at radius 1 is 0.923 bits per heavy atom. The van der Waals surface area contributed by atoms with E-state index < -0.39 is 58.9 Å². The molecule has 2 atom stereocenters. The average molecular weight is 575 g/mol. The molecule has 0 aromatic carbocycles. The van der Waals surface area contributed by atoms with Crippen molar-refractivity contribution in [1.29, 1.82) is 0 Å². The van der Waals surface area contributed by atoms with Crippen molar-refractivity contribution in [3.63, 3.8) is 0 Å². The molecule has 8 aliphatic carbocycles. The zero-order valence-corrected chi connectivity index (χ0v) is 22.8. The Morgan fingerprint density at radius 2 is 1.54 bits per heavy atom. The first kappa shape index (κ1) is 27.7. The summed E-state index contributed by atoms with van der Waals surface area (Å²) in [5.74, 6) is -0.781. The molecule has 0 saturated heterocycles. The van der Waals surface area contributed by atoms with Crippen LogP contribution in [0.1, 0.15) is 77.6 Å². The van der Waals surface area contributed by atoms with Crippen molar-refractivity contribution in [1.82, 2.24) is 0 Å². The van der Waals surface area contributed by atoms with Gasteiger partial charge in [-0.3, -0.25) is 4.79 Å². The summed E-state index contributed by atoms with van der Waals surface area (Å²) in [6, 6.07) is 0. The molecule has 8 bridgehead atoms. The molecular formula is C27H36F2O9S. The monoisotopic (exact) mass is 574 g/mol. The predicted octanol–water partition coefficient (Wildman–Crippen LogP) is 5.08. The summed E-state index contributed by atoms with van der Waals surface area (Å²) in [5.41, 5.74) is -1.26. The van der Waals surface area contributed by atoms with Gasteiger partial charge in [-0.1, -0.05) is 12.0 Å². The Balaban J connectivity index is 1.06. The summed E-state index contributed by atoms with van der Waals surface area (Å²) in [6.45, 7) is 1.66. The van der Waals surface area contributed by atoms with E-state index in [-0.39, 0.29) is 17.8 Å². The first-order valence-corrected chi connectivity index (χ1v) is 15.0. The first-order valence-electron chi connectivity index (χ1n) is 14.2. The van der Waals surface area contributed by atoms with Crippen LogP contribution in [0.2, 0.25) is 0 Å². The van der Waals surface area contributed by atoms with Gasteiger partial charge in [-0.05, 0) is 112 Å². The summed E-state index contributed by atoms with van der Waals surface area (Å²) in [6.07, 6.45) is 8.44. The third kappa shape index (κ3) is 4.76. The smallest absolute Gasteiger partial charge is 0.415 e. The highest BCUT2D eigenvalue weighted by molar-refractivity contribution is 7.96. The molecule has 2 unspecified atom stereocenters. The molecule has 8 fully saturated rings. The number of hydrogen-bond acceptors (Lipinski definition) is 10. The maximum Gasteiger partial charge on any atom is 0.415 e. The lowest BCUT2D eigenvalue weighted by Crippen LogP contribution is -2.60. The average Bonchev–Trinajstić information content (AvgIpc) is 2.89. The van der Waals surface area contributed by atoms with Gasteiger partial charge in [-0.25, -0.2) is 14.8 Å². The Bertz CT molecular complexity index is 962. The van der Waals surface area contributed by atoms with Crippen molar-refractivity contribution in [3.8, 4) is 0 Å². The molecule has 218 valence electrons. The fourth-order valence-corrected chi connectivity index (χ4v) is 10.3. The first-order chi connectivity index (χ1) is 18.6. The van der Waals surface area contributed by atoms with Crippen LogP contribution >= 0.6 is 12.0 Å². The minimum absolute atomic E-state index is 0.203. The van der Waals surface area contributed by atoms with E-state index in [4.69, 9.17) is 19.5 Å². The number of carbonyl (C=O) groups excluding carboxylic acids is 3. The molecule has 8 saturated carbocycles. The molecule has 8 rings (SSSR count). The lowest BCUT2D eigenvalue weighted by Gasteiger charge is -2.60. The van der Waals surface area contributed by atoms with Crippen molar-refractivity contribution < 1.29 is 52.0 Å². The van der Waals surface area contributed by atoms with Crippen LogP contribution < -0.4 is 0 Å². The maximum atomic E-state index is 14.0. The summed E-state index contributed by atoms with van der Waals surface area (Å²) in [5, 5.41) is 7.20. The molecule has 0 aromatic rings. The van der Waals surface area contributed by atoms with Gasteiger partial charge in [-0.2, -0.15) is 8.78 Å². The van der Waals surface area contributed by atoms with E-state index in [0.29, 0.717) is 43.9 Å². The fourth-order valence-electron chi connectivity index (χ4n) is 10.0. The van der Waals surface area contributed by atoms with Gasteiger partial charge in [-0.15, -0.1) is 4.33 Å². The highest BCUT2D eigenvalue weighted by atomic mass is 32.2. The number of esters is 3. The van der Waals surface area contributed by atoms with E-state index in [9.17, 15) is 23.2 Å². The van der Waals surface area contributed by atoms with Gasteiger partial charge in [0, 0.05) is 0 Å². The Labute approximate surface area is 230 Å². The SMILES string of the molecule is CCC1(OC(=O)COC(=O)C23CC4CC(C2)C(OC(=O)C(F)(F)SOOO)C(C4)C3)C2CC3CC(C2)CC1C3. The Morgan fingerprint density at radius 3 is 2.10 bits per heavy atom. The molecule has 39 heavy (non-hydrogen) atoms. The number of hydrogen-bond donors (Lipinski definition) is 1. The second kappa shape index (κ2) is 10.1. The third-order valence-electron chi connectivity index (χ3n) is 11.0. The van der Waals surface area contributed by atoms with Gasteiger partial charge >= 0.3 is 23.2 Å². The summed E-state index contributed by atoms with van der Waals surface area (Å²) >= 11 is -0.651. The minimum atomic E-state index is -4.07. The molecule has 1 N–H and O–H groups in total. The van der Waals surface area contributed by atoms with E-state index in [1.807, 2.05) is 0 Å². The number of rotatable bonds is 10. The van der Waals surface area contributed by atoms with Crippen LogP contribution in [0.5, 0.6) is 0 Å². The van der Waals surface area contributed by atoms with Crippen molar-refractivity contribution in [2.45, 2.75) is 94.5 Å². The zero-order chi connectivity index (χ0) is 27.6. The minimum Gasteiger partial charge on any atom is -0.457 e. The quantitative estimate of drug-likeness (QED) is 0.124. The summed E-state index contributed by atoms with van der Waals surface area (Å²) in [7, 11) is 0. The normalized spacial score (nSPS) is 43.4. The van der Waals surface area contributed by atoms with Crippen LogP contribution in [0, 0.1) is 46.8 Å². The van der Waals surface area contributed by atoms with Gasteiger partial charge in [0.05, 0.1) is 5.41 Å². The molecule has 9 nitrogen and oxygen atoms in total. The van der Waals surface area contributed by atoms with E-state index in [0.717, 1.165) is 43.9 Å². The summed E-state index contributed by atoms with van der Waals surface area (Å²) in [4.78, 5) is 38.5. The van der Waals surface area contributed by atoms with Crippen molar-refractivity contribution in [2.75, 3.05) is 6.61 Å². The second-order valence-corrected chi connectivity index (χ2v) is 13.8. The molecule has 0 spiro atoms. The molecular weight excluding hydrogens is 538 g/mol. The van der Waals surface area contributed by atoms with Crippen LogP contribution in [0.4, 0.5) is 8.78 Å². The Kier molecular flexibility index (Phi) is 7.16. The van der Waals surface area contributed by atoms with Crippen LogP contribution in [0.3, 0.4) is 0 Å². The van der Waals surface area contributed by atoms with Crippen LogP contribution in [0.25, 0.3) is 0 Å². The third-order valence-corrected chi connectivity index (χ3v) is 11.5. The molecule has 12 heteroatoms. The number of halogens is 2. The lowest BCUT2D eigenvalue weighted by atomic mass is 9.48.